The Morgan fingerprint density at radius 1 is 1.53 bits per heavy atom. The van der Waals surface area contributed by atoms with Gasteiger partial charge in [-0.3, -0.25) is 4.79 Å². The molecule has 0 bridgehead atoms. The number of likely N-dealkylation sites (tertiary alicyclic amines) is 1. The smallest absolute Gasteiger partial charge is 0.274 e. The number of nitrogens with one attached hydrogen (secondary N) is 1. The van der Waals surface area contributed by atoms with Crippen molar-refractivity contribution in [3.63, 3.8) is 0 Å². The molecule has 0 atom stereocenters. The number of piperidine rings is 1. The van der Waals surface area contributed by atoms with Gasteiger partial charge in [0.2, 0.25) is 0 Å². The fraction of sp³-hybridized carbons (Fsp3) is 0.667. The van der Waals surface area contributed by atoms with E-state index in [2.05, 4.69) is 10.3 Å². The normalized spacial score (nSPS) is 17.4. The lowest BCUT2D eigenvalue weighted by Gasteiger charge is -2.31. The van der Waals surface area contributed by atoms with Crippen molar-refractivity contribution in [1.29, 1.82) is 0 Å². The van der Waals surface area contributed by atoms with Gasteiger partial charge in [0, 0.05) is 26.3 Å². The summed E-state index contributed by atoms with van der Waals surface area (Å²) in [5, 5.41) is 3.20. The van der Waals surface area contributed by atoms with Crippen LogP contribution in [0.1, 0.15) is 23.3 Å². The summed E-state index contributed by atoms with van der Waals surface area (Å²) in [4.78, 5) is 18.1. The summed E-state index contributed by atoms with van der Waals surface area (Å²) >= 11 is 0. The second kappa shape index (κ2) is 5.31. The van der Waals surface area contributed by atoms with Crippen LogP contribution < -0.4 is 5.32 Å². The molecule has 5 nitrogen and oxygen atoms in total. The Kier molecular flexibility index (Phi) is 3.78. The van der Waals surface area contributed by atoms with E-state index >= 15 is 0 Å². The lowest BCUT2D eigenvalue weighted by Crippen LogP contribution is -2.40. The van der Waals surface area contributed by atoms with Crippen molar-refractivity contribution in [1.82, 2.24) is 19.8 Å². The van der Waals surface area contributed by atoms with Gasteiger partial charge in [0.1, 0.15) is 5.69 Å². The second-order valence-electron chi connectivity index (χ2n) is 4.72. The Morgan fingerprint density at radius 2 is 2.24 bits per heavy atom. The van der Waals surface area contributed by atoms with E-state index in [1.54, 1.807) is 17.1 Å². The van der Waals surface area contributed by atoms with E-state index in [0.29, 0.717) is 11.6 Å². The van der Waals surface area contributed by atoms with Gasteiger partial charge in [0.25, 0.3) is 5.91 Å². The van der Waals surface area contributed by atoms with E-state index in [9.17, 15) is 4.79 Å². The van der Waals surface area contributed by atoms with Crippen LogP contribution in [0.3, 0.4) is 0 Å². The summed E-state index contributed by atoms with van der Waals surface area (Å²) in [6.07, 6.45) is 5.61. The third kappa shape index (κ3) is 2.85. The number of amides is 1. The molecule has 0 spiro atoms. The molecule has 1 amide bonds. The van der Waals surface area contributed by atoms with Gasteiger partial charge in [-0.1, -0.05) is 0 Å². The van der Waals surface area contributed by atoms with Gasteiger partial charge in [0.05, 0.1) is 6.33 Å². The summed E-state index contributed by atoms with van der Waals surface area (Å²) in [5.41, 5.74) is 0.555. The Balaban J connectivity index is 1.90. The van der Waals surface area contributed by atoms with Crippen LogP contribution in [-0.4, -0.2) is 47.0 Å². The molecule has 5 heteroatoms. The number of rotatable bonds is 3. The Bertz CT molecular complexity index is 380. The maximum absolute atomic E-state index is 12.1. The minimum atomic E-state index is 0.0634. The topological polar surface area (TPSA) is 50.2 Å². The molecule has 2 rings (SSSR count). The van der Waals surface area contributed by atoms with Crippen LogP contribution >= 0.6 is 0 Å². The van der Waals surface area contributed by atoms with Crippen LogP contribution in [0.2, 0.25) is 0 Å². The molecule has 0 radical (unpaired) electrons. The molecular formula is C12H20N4O. The first kappa shape index (κ1) is 12.1. The monoisotopic (exact) mass is 236 g/mol. The van der Waals surface area contributed by atoms with E-state index in [0.717, 1.165) is 32.5 Å². The van der Waals surface area contributed by atoms with Crippen molar-refractivity contribution in [2.24, 2.45) is 13.0 Å². The highest BCUT2D eigenvalue weighted by atomic mass is 16.2. The maximum Gasteiger partial charge on any atom is 0.274 e. The van der Waals surface area contributed by atoms with Crippen molar-refractivity contribution in [3.8, 4) is 0 Å². The van der Waals surface area contributed by atoms with Gasteiger partial charge in [-0.05, 0) is 32.4 Å². The number of aryl methyl sites for hydroxylation is 1. The fourth-order valence-corrected chi connectivity index (χ4v) is 2.31. The molecule has 2 heterocycles. The lowest BCUT2D eigenvalue weighted by molar-refractivity contribution is 0.0685. The van der Waals surface area contributed by atoms with Crippen molar-refractivity contribution < 1.29 is 4.79 Å². The Labute approximate surface area is 102 Å². The molecule has 1 N–H and O–H groups in total. The number of hydrogen-bond donors (Lipinski definition) is 1. The van der Waals surface area contributed by atoms with Crippen molar-refractivity contribution in [2.45, 2.75) is 12.8 Å². The highest BCUT2D eigenvalue weighted by molar-refractivity contribution is 5.92. The van der Waals surface area contributed by atoms with Gasteiger partial charge in [-0.2, -0.15) is 0 Å². The summed E-state index contributed by atoms with van der Waals surface area (Å²) in [5.74, 6) is 0.765. The van der Waals surface area contributed by atoms with Gasteiger partial charge < -0.3 is 14.8 Å². The molecule has 1 fully saturated rings. The zero-order valence-electron chi connectivity index (χ0n) is 10.5. The molecule has 94 valence electrons. The summed E-state index contributed by atoms with van der Waals surface area (Å²) in [7, 11) is 3.86. The molecule has 0 aromatic carbocycles. The third-order valence-electron chi connectivity index (χ3n) is 3.32. The van der Waals surface area contributed by atoms with Crippen LogP contribution in [0.4, 0.5) is 0 Å². The molecule has 17 heavy (non-hydrogen) atoms. The number of imidazole rings is 1. The van der Waals surface area contributed by atoms with Crippen molar-refractivity contribution in [3.05, 3.63) is 18.2 Å². The highest BCUT2D eigenvalue weighted by Gasteiger charge is 2.24. The van der Waals surface area contributed by atoms with Crippen LogP contribution in [-0.2, 0) is 7.05 Å². The zero-order valence-corrected chi connectivity index (χ0v) is 10.5. The van der Waals surface area contributed by atoms with E-state index < -0.39 is 0 Å². The fourth-order valence-electron chi connectivity index (χ4n) is 2.31. The van der Waals surface area contributed by atoms with E-state index in [1.807, 2.05) is 19.0 Å². The first-order chi connectivity index (χ1) is 8.20. The van der Waals surface area contributed by atoms with Crippen LogP contribution in [0, 0.1) is 5.92 Å². The second-order valence-corrected chi connectivity index (χ2v) is 4.72. The van der Waals surface area contributed by atoms with Crippen LogP contribution in [0.15, 0.2) is 12.5 Å². The van der Waals surface area contributed by atoms with Crippen LogP contribution in [0.5, 0.6) is 0 Å². The summed E-state index contributed by atoms with van der Waals surface area (Å²) in [6, 6.07) is 0. The highest BCUT2D eigenvalue weighted by Crippen LogP contribution is 2.17. The average molecular weight is 236 g/mol. The van der Waals surface area contributed by atoms with Gasteiger partial charge in [0.15, 0.2) is 0 Å². The molecule has 1 aliphatic rings. The Morgan fingerprint density at radius 3 is 2.76 bits per heavy atom. The first-order valence-electron chi connectivity index (χ1n) is 6.12. The predicted molar refractivity (Wildman–Crippen MR) is 65.8 cm³/mol. The molecular weight excluding hydrogens is 216 g/mol. The van der Waals surface area contributed by atoms with Gasteiger partial charge >= 0.3 is 0 Å². The minimum Gasteiger partial charge on any atom is -0.340 e. The van der Waals surface area contributed by atoms with E-state index in [-0.39, 0.29) is 5.91 Å². The first-order valence-corrected chi connectivity index (χ1v) is 6.12. The molecule has 1 aromatic rings. The largest absolute Gasteiger partial charge is 0.340 e. The molecule has 1 aromatic heterocycles. The van der Waals surface area contributed by atoms with Gasteiger partial charge in [-0.25, -0.2) is 4.98 Å². The Hall–Kier alpha value is -1.36. The third-order valence-corrected chi connectivity index (χ3v) is 3.32. The lowest BCUT2D eigenvalue weighted by atomic mass is 9.97. The van der Waals surface area contributed by atoms with Crippen LogP contribution in [0.25, 0.3) is 0 Å². The molecule has 0 saturated carbocycles. The SMILES string of the molecule is CNCC1CCN(C(=O)c2cn(C)cn2)CC1. The standard InChI is InChI=1S/C12H20N4O/c1-13-7-10-3-5-16(6-4-10)12(17)11-8-15(2)9-14-11/h8-10,13H,3-7H2,1-2H3. The van der Waals surface area contributed by atoms with E-state index in [1.165, 1.54) is 0 Å². The maximum atomic E-state index is 12.1. The minimum absolute atomic E-state index is 0.0634. The summed E-state index contributed by atoms with van der Waals surface area (Å²) < 4.78 is 1.81. The number of carbonyl (C=O) groups excluding carboxylic acids is 1. The quantitative estimate of drug-likeness (QED) is 0.831. The molecule has 0 unspecified atom stereocenters. The van der Waals surface area contributed by atoms with Crippen molar-refractivity contribution in [2.75, 3.05) is 26.7 Å². The average Bonchev–Trinajstić information content (AvgIpc) is 2.76. The number of carbonyl (C=O) groups is 1. The number of aromatic nitrogens is 2. The summed E-state index contributed by atoms with van der Waals surface area (Å²) in [6.45, 7) is 2.75. The number of nitrogens with zero attached hydrogens (tertiary/aromatic N) is 3. The van der Waals surface area contributed by atoms with Crippen molar-refractivity contribution >= 4 is 5.91 Å². The molecule has 0 aliphatic carbocycles. The zero-order chi connectivity index (χ0) is 12.3. The molecule has 1 saturated heterocycles. The van der Waals surface area contributed by atoms with E-state index in [4.69, 9.17) is 0 Å². The van der Waals surface area contributed by atoms with Gasteiger partial charge in [-0.15, -0.1) is 0 Å². The predicted octanol–water partition coefficient (Wildman–Crippen LogP) is 0.492. The molecule has 1 aliphatic heterocycles. The number of hydrogen-bond acceptors (Lipinski definition) is 3.